The first-order valence-electron chi connectivity index (χ1n) is 9.56. The van der Waals surface area contributed by atoms with Crippen LogP contribution in [-0.2, 0) is 19.1 Å². The van der Waals surface area contributed by atoms with E-state index in [0.29, 0.717) is 6.29 Å². The van der Waals surface area contributed by atoms with E-state index in [1.807, 2.05) is 6.92 Å². The van der Waals surface area contributed by atoms with Gasteiger partial charge in [0.2, 0.25) is 5.91 Å². The van der Waals surface area contributed by atoms with Gasteiger partial charge in [0.05, 0.1) is 48.6 Å². The van der Waals surface area contributed by atoms with Crippen LogP contribution in [0, 0.1) is 23.2 Å². The number of hydrogen-bond acceptors (Lipinski definition) is 7. The highest BCUT2D eigenvalue weighted by atomic mass is 16.6. The monoisotopic (exact) mass is 387 g/mol. The van der Waals surface area contributed by atoms with Crippen LogP contribution in [0.15, 0.2) is 0 Å². The third kappa shape index (κ3) is 3.91. The molecule has 0 aliphatic carbocycles. The molecule has 2 aliphatic heterocycles. The van der Waals surface area contributed by atoms with Crippen LogP contribution in [0.3, 0.4) is 0 Å². The highest BCUT2D eigenvalue weighted by Crippen LogP contribution is 2.45. The van der Waals surface area contributed by atoms with Gasteiger partial charge in [0.15, 0.2) is 0 Å². The van der Waals surface area contributed by atoms with Gasteiger partial charge in [-0.3, -0.25) is 4.79 Å². The van der Waals surface area contributed by atoms with Gasteiger partial charge in [-0.15, -0.1) is 0 Å². The number of hydrogen-bond donors (Lipinski definition) is 4. The molecule has 8 unspecified atom stereocenters. The van der Waals surface area contributed by atoms with Gasteiger partial charge < -0.3 is 34.9 Å². The first-order chi connectivity index (χ1) is 12.6. The molecule has 2 heterocycles. The number of rotatable bonds is 8. The first kappa shape index (κ1) is 22.2. The molecule has 0 aromatic rings. The molecule has 8 nitrogen and oxygen atoms in total. The van der Waals surface area contributed by atoms with Crippen molar-refractivity contribution >= 4 is 12.2 Å². The third-order valence-corrected chi connectivity index (χ3v) is 6.50. The van der Waals surface area contributed by atoms with Crippen LogP contribution >= 0.6 is 0 Å². The van der Waals surface area contributed by atoms with E-state index < -0.39 is 41.6 Å². The standard InChI is InChI=1S/C19H33NO7/c1-9(6-21)18(25)19(5,8-23)10(2)16-15(20-12(4)24)17-14(11(3)26-17)13(7-22)27-16/h8-11,13-18,21-22,25H,6-7H2,1-5H3,(H,20,24)/t9?,10?,11?,13?,14-,15?,16-,17?,18?,19?/m0/s1. The van der Waals surface area contributed by atoms with Crippen molar-refractivity contribution in [2.24, 2.45) is 23.2 Å². The number of amides is 1. The Morgan fingerprint density at radius 3 is 2.37 bits per heavy atom. The molecule has 27 heavy (non-hydrogen) atoms. The Morgan fingerprint density at radius 1 is 1.30 bits per heavy atom. The summed E-state index contributed by atoms with van der Waals surface area (Å²) < 4.78 is 12.0. The minimum absolute atomic E-state index is 0.0564. The Balaban J connectivity index is 2.35. The van der Waals surface area contributed by atoms with Crippen LogP contribution in [0.5, 0.6) is 0 Å². The van der Waals surface area contributed by atoms with Crippen molar-refractivity contribution in [1.29, 1.82) is 0 Å². The first-order valence-corrected chi connectivity index (χ1v) is 9.56. The molecule has 10 atom stereocenters. The molecule has 0 bridgehead atoms. The van der Waals surface area contributed by atoms with Gasteiger partial charge in [-0.2, -0.15) is 0 Å². The smallest absolute Gasteiger partial charge is 0.217 e. The van der Waals surface area contributed by atoms with Crippen molar-refractivity contribution in [3.05, 3.63) is 0 Å². The lowest BCUT2D eigenvalue weighted by molar-refractivity contribution is -0.297. The zero-order valence-corrected chi connectivity index (χ0v) is 16.7. The summed E-state index contributed by atoms with van der Waals surface area (Å²) in [6.45, 7) is 7.90. The van der Waals surface area contributed by atoms with Crippen LogP contribution in [0.1, 0.15) is 34.6 Å². The van der Waals surface area contributed by atoms with Crippen molar-refractivity contribution in [1.82, 2.24) is 5.32 Å². The van der Waals surface area contributed by atoms with Gasteiger partial charge in [-0.1, -0.05) is 20.8 Å². The molecule has 0 aromatic carbocycles. The maximum absolute atomic E-state index is 12.0. The highest BCUT2D eigenvalue weighted by Gasteiger charge is 2.59. The Hall–Kier alpha value is -1.06. The summed E-state index contributed by atoms with van der Waals surface area (Å²) >= 11 is 0. The van der Waals surface area contributed by atoms with Crippen LogP contribution in [0.4, 0.5) is 0 Å². The van der Waals surface area contributed by atoms with Crippen molar-refractivity contribution in [2.75, 3.05) is 13.2 Å². The van der Waals surface area contributed by atoms with E-state index in [9.17, 15) is 24.9 Å². The van der Waals surface area contributed by atoms with Crippen LogP contribution in [0.25, 0.3) is 0 Å². The Bertz CT molecular complexity index is 544. The van der Waals surface area contributed by atoms with E-state index in [2.05, 4.69) is 5.32 Å². The molecule has 2 fully saturated rings. The zero-order chi connectivity index (χ0) is 20.5. The molecule has 0 radical (unpaired) electrons. The summed E-state index contributed by atoms with van der Waals surface area (Å²) in [6.07, 6.45) is -1.95. The fourth-order valence-electron chi connectivity index (χ4n) is 4.51. The number of nitrogens with one attached hydrogen (secondary N) is 1. The van der Waals surface area contributed by atoms with Gasteiger partial charge in [-0.05, 0) is 12.8 Å². The van der Waals surface area contributed by atoms with E-state index in [1.54, 1.807) is 20.8 Å². The largest absolute Gasteiger partial charge is 0.396 e. The number of carbonyl (C=O) groups is 2. The number of ether oxygens (including phenoxy) is 2. The molecule has 0 spiro atoms. The molecule has 2 saturated heterocycles. The van der Waals surface area contributed by atoms with Gasteiger partial charge >= 0.3 is 0 Å². The molecular formula is C19H33NO7. The number of aliphatic hydroxyl groups is 3. The van der Waals surface area contributed by atoms with Crippen molar-refractivity contribution in [3.63, 3.8) is 0 Å². The van der Waals surface area contributed by atoms with Crippen molar-refractivity contribution in [3.8, 4) is 0 Å². The molecule has 0 aromatic heterocycles. The SMILES string of the molecule is CC(=O)NC1C2OC(C)[C@H]2C(CO)O[C@H]1C(C)C(C)(C=O)C(O)C(C)CO. The Labute approximate surface area is 160 Å². The van der Waals surface area contributed by atoms with Gasteiger partial charge in [0.1, 0.15) is 6.29 Å². The Morgan fingerprint density at radius 2 is 1.93 bits per heavy atom. The molecule has 4 N–H and O–H groups in total. The summed E-state index contributed by atoms with van der Waals surface area (Å²) in [5, 5.41) is 32.7. The maximum Gasteiger partial charge on any atom is 0.217 e. The second-order valence-corrected chi connectivity index (χ2v) is 8.31. The average Bonchev–Trinajstić information content (AvgIpc) is 2.64. The lowest BCUT2D eigenvalue weighted by atomic mass is 9.65. The van der Waals surface area contributed by atoms with E-state index in [-0.39, 0.29) is 37.2 Å². The van der Waals surface area contributed by atoms with E-state index in [4.69, 9.17) is 9.47 Å². The van der Waals surface area contributed by atoms with Crippen LogP contribution in [0.2, 0.25) is 0 Å². The summed E-state index contributed by atoms with van der Waals surface area (Å²) in [7, 11) is 0. The summed E-state index contributed by atoms with van der Waals surface area (Å²) in [4.78, 5) is 23.8. The normalized spacial score (nSPS) is 38.5. The lowest BCUT2D eigenvalue weighted by Gasteiger charge is -2.58. The number of aldehydes is 1. The number of fused-ring (bicyclic) bond motifs is 1. The molecular weight excluding hydrogens is 354 g/mol. The molecule has 2 rings (SSSR count). The maximum atomic E-state index is 12.0. The third-order valence-electron chi connectivity index (χ3n) is 6.50. The van der Waals surface area contributed by atoms with Crippen molar-refractivity contribution < 1.29 is 34.4 Å². The van der Waals surface area contributed by atoms with Crippen molar-refractivity contribution in [2.45, 2.75) is 71.2 Å². The predicted molar refractivity (Wildman–Crippen MR) is 96.8 cm³/mol. The Kier molecular flexibility index (Phi) is 7.02. The fraction of sp³-hybridized carbons (Fsp3) is 0.895. The summed E-state index contributed by atoms with van der Waals surface area (Å²) in [6, 6.07) is -0.502. The van der Waals surface area contributed by atoms with Crippen LogP contribution < -0.4 is 5.32 Å². The van der Waals surface area contributed by atoms with Crippen LogP contribution in [-0.4, -0.2) is 77.3 Å². The predicted octanol–water partition coefficient (Wildman–Crippen LogP) is -0.515. The highest BCUT2D eigenvalue weighted by molar-refractivity contribution is 5.73. The van der Waals surface area contributed by atoms with Gasteiger partial charge in [0.25, 0.3) is 0 Å². The van der Waals surface area contributed by atoms with Gasteiger partial charge in [0, 0.05) is 25.4 Å². The van der Waals surface area contributed by atoms with E-state index in [1.165, 1.54) is 6.92 Å². The molecule has 0 saturated carbocycles. The molecule has 1 amide bonds. The minimum Gasteiger partial charge on any atom is -0.396 e. The lowest BCUT2D eigenvalue weighted by Crippen LogP contribution is -2.72. The topological polar surface area (TPSA) is 125 Å². The van der Waals surface area contributed by atoms with E-state index in [0.717, 1.165) is 0 Å². The summed E-state index contributed by atoms with van der Waals surface area (Å²) in [5.74, 6) is -1.32. The molecule has 156 valence electrons. The second-order valence-electron chi connectivity index (χ2n) is 8.31. The van der Waals surface area contributed by atoms with Gasteiger partial charge in [-0.25, -0.2) is 0 Å². The molecule has 8 heteroatoms. The average molecular weight is 387 g/mol. The number of carbonyl (C=O) groups excluding carboxylic acids is 2. The van der Waals surface area contributed by atoms with E-state index >= 15 is 0 Å². The fourth-order valence-corrected chi connectivity index (χ4v) is 4.51. The zero-order valence-electron chi connectivity index (χ0n) is 16.7. The summed E-state index contributed by atoms with van der Waals surface area (Å²) in [5.41, 5.74) is -1.22. The quantitative estimate of drug-likeness (QED) is 0.413. The molecule has 2 aliphatic rings. The second kappa shape index (κ2) is 8.53. The minimum atomic E-state index is -1.22. The number of aliphatic hydroxyl groups excluding tert-OH is 3.